The molecule has 2 heterocycles. The molecule has 1 aliphatic rings. The van der Waals surface area contributed by atoms with Crippen LogP contribution >= 0.6 is 27.5 Å². The monoisotopic (exact) mass is 358 g/mol. The Morgan fingerprint density at radius 2 is 2.15 bits per heavy atom. The molecular weight excluding hydrogens is 348 g/mol. The molecular formula is C13H12BrClN2O3. The van der Waals surface area contributed by atoms with Gasteiger partial charge in [-0.15, -0.1) is 10.2 Å². The summed E-state index contributed by atoms with van der Waals surface area (Å²) in [4.78, 5) is 0. The van der Waals surface area contributed by atoms with Gasteiger partial charge in [0, 0.05) is 10.0 Å². The van der Waals surface area contributed by atoms with Gasteiger partial charge in [0.25, 0.3) is 0 Å². The minimum atomic E-state index is -0.625. The molecule has 0 spiro atoms. The molecule has 1 aromatic heterocycles. The number of ether oxygens (including phenoxy) is 2. The second kappa shape index (κ2) is 5.11. The largest absolute Gasteiger partial charge is 0.418 e. The summed E-state index contributed by atoms with van der Waals surface area (Å²) in [7, 11) is 0. The third-order valence-corrected chi connectivity index (χ3v) is 4.12. The molecule has 0 unspecified atom stereocenters. The molecule has 0 aliphatic carbocycles. The third-order valence-electron chi connectivity index (χ3n) is 2.89. The summed E-state index contributed by atoms with van der Waals surface area (Å²) >= 11 is 9.39. The standard InChI is InChI=1S/C13H12BrClN2O3/c1-13(2)18-6-10(20-13)12-17-16-11(19-12)7-3-4-8(14)9(15)5-7/h3-5,10H,6H2,1-2H3/t10-/m0/s1. The van der Waals surface area contributed by atoms with E-state index < -0.39 is 5.79 Å². The summed E-state index contributed by atoms with van der Waals surface area (Å²) in [6.45, 7) is 4.09. The van der Waals surface area contributed by atoms with Crippen LogP contribution in [0.3, 0.4) is 0 Å². The fraction of sp³-hybridized carbons (Fsp3) is 0.385. The highest BCUT2D eigenvalue weighted by atomic mass is 79.9. The zero-order chi connectivity index (χ0) is 14.3. The molecule has 0 saturated carbocycles. The van der Waals surface area contributed by atoms with Crippen molar-refractivity contribution >= 4 is 27.5 Å². The first-order valence-corrected chi connectivity index (χ1v) is 7.22. The van der Waals surface area contributed by atoms with Gasteiger partial charge in [0.15, 0.2) is 11.9 Å². The smallest absolute Gasteiger partial charge is 0.248 e. The second-order valence-corrected chi connectivity index (χ2v) is 6.15. The van der Waals surface area contributed by atoms with Crippen LogP contribution in [0.4, 0.5) is 0 Å². The quantitative estimate of drug-likeness (QED) is 0.812. The van der Waals surface area contributed by atoms with E-state index in [-0.39, 0.29) is 6.10 Å². The van der Waals surface area contributed by atoms with Crippen molar-refractivity contribution in [1.29, 1.82) is 0 Å². The van der Waals surface area contributed by atoms with E-state index in [1.54, 1.807) is 6.07 Å². The first-order chi connectivity index (χ1) is 9.44. The SMILES string of the molecule is CC1(C)OC[C@@H](c2nnc(-c3ccc(Br)c(Cl)c3)o2)O1. The summed E-state index contributed by atoms with van der Waals surface area (Å²) < 4.78 is 17.6. The molecule has 1 aliphatic heterocycles. The van der Waals surface area contributed by atoms with E-state index in [1.165, 1.54) is 0 Å². The van der Waals surface area contributed by atoms with Crippen molar-refractivity contribution in [1.82, 2.24) is 10.2 Å². The zero-order valence-corrected chi connectivity index (χ0v) is 13.2. The van der Waals surface area contributed by atoms with Gasteiger partial charge in [-0.25, -0.2) is 0 Å². The van der Waals surface area contributed by atoms with E-state index in [2.05, 4.69) is 26.1 Å². The number of rotatable bonds is 2. The van der Waals surface area contributed by atoms with E-state index in [0.29, 0.717) is 23.4 Å². The van der Waals surface area contributed by atoms with Crippen LogP contribution in [0.15, 0.2) is 27.1 Å². The Balaban J connectivity index is 1.85. The van der Waals surface area contributed by atoms with E-state index in [4.69, 9.17) is 25.5 Å². The van der Waals surface area contributed by atoms with Crippen molar-refractivity contribution in [3.63, 3.8) is 0 Å². The second-order valence-electron chi connectivity index (χ2n) is 4.89. The summed E-state index contributed by atoms with van der Waals surface area (Å²) in [5.74, 6) is 0.188. The van der Waals surface area contributed by atoms with Crippen LogP contribution in [0.25, 0.3) is 11.5 Å². The maximum Gasteiger partial charge on any atom is 0.248 e. The lowest BCUT2D eigenvalue weighted by atomic mass is 10.2. The van der Waals surface area contributed by atoms with Gasteiger partial charge < -0.3 is 13.9 Å². The average molecular weight is 360 g/mol. The zero-order valence-electron chi connectivity index (χ0n) is 10.9. The Kier molecular flexibility index (Phi) is 3.58. The fourth-order valence-electron chi connectivity index (χ4n) is 1.92. The maximum absolute atomic E-state index is 6.05. The number of aromatic nitrogens is 2. The first kappa shape index (κ1) is 14.0. The van der Waals surface area contributed by atoms with Crippen molar-refractivity contribution in [3.05, 3.63) is 33.6 Å². The van der Waals surface area contributed by atoms with E-state index in [9.17, 15) is 0 Å². The topological polar surface area (TPSA) is 57.4 Å². The van der Waals surface area contributed by atoms with Crippen LogP contribution in [0.5, 0.6) is 0 Å². The highest BCUT2D eigenvalue weighted by Gasteiger charge is 2.36. The number of hydrogen-bond acceptors (Lipinski definition) is 5. The predicted molar refractivity (Wildman–Crippen MR) is 76.3 cm³/mol. The molecule has 1 fully saturated rings. The molecule has 0 bridgehead atoms. The van der Waals surface area contributed by atoms with Crippen LogP contribution in [0, 0.1) is 0 Å². The number of nitrogens with zero attached hydrogens (tertiary/aromatic N) is 2. The number of benzene rings is 1. The van der Waals surface area contributed by atoms with Crippen molar-refractivity contribution in [2.45, 2.75) is 25.7 Å². The Morgan fingerprint density at radius 3 is 2.80 bits per heavy atom. The lowest BCUT2D eigenvalue weighted by molar-refractivity contribution is -0.141. The van der Waals surface area contributed by atoms with E-state index in [1.807, 2.05) is 26.0 Å². The summed E-state index contributed by atoms with van der Waals surface area (Å²) in [6.07, 6.45) is -0.336. The minimum absolute atomic E-state index is 0.336. The van der Waals surface area contributed by atoms with Crippen LogP contribution < -0.4 is 0 Å². The highest BCUT2D eigenvalue weighted by molar-refractivity contribution is 9.10. The van der Waals surface area contributed by atoms with Crippen molar-refractivity contribution < 1.29 is 13.9 Å². The Morgan fingerprint density at radius 1 is 1.35 bits per heavy atom. The predicted octanol–water partition coefficient (Wildman–Crippen LogP) is 3.98. The summed E-state index contributed by atoms with van der Waals surface area (Å²) in [5, 5.41) is 8.63. The van der Waals surface area contributed by atoms with Gasteiger partial charge in [-0.1, -0.05) is 11.6 Å². The molecule has 7 heteroatoms. The number of hydrogen-bond donors (Lipinski definition) is 0. The Bertz CT molecular complexity index is 644. The van der Waals surface area contributed by atoms with E-state index >= 15 is 0 Å². The van der Waals surface area contributed by atoms with Gasteiger partial charge in [0.1, 0.15) is 0 Å². The fourth-order valence-corrected chi connectivity index (χ4v) is 2.35. The van der Waals surface area contributed by atoms with Crippen molar-refractivity contribution in [3.8, 4) is 11.5 Å². The Labute approximate surface area is 129 Å². The molecule has 0 N–H and O–H groups in total. The molecule has 0 amide bonds. The highest BCUT2D eigenvalue weighted by Crippen LogP contribution is 2.34. The molecule has 0 radical (unpaired) electrons. The third kappa shape index (κ3) is 2.74. The first-order valence-electron chi connectivity index (χ1n) is 6.05. The van der Waals surface area contributed by atoms with Gasteiger partial charge in [-0.2, -0.15) is 0 Å². The normalized spacial score (nSPS) is 21.3. The summed E-state index contributed by atoms with van der Waals surface area (Å²) in [6, 6.07) is 5.45. The van der Waals surface area contributed by atoms with Crippen LogP contribution in [0.1, 0.15) is 25.8 Å². The van der Waals surface area contributed by atoms with Gasteiger partial charge in [-0.05, 0) is 48.0 Å². The minimum Gasteiger partial charge on any atom is -0.418 e. The van der Waals surface area contributed by atoms with Gasteiger partial charge in [0.2, 0.25) is 11.8 Å². The maximum atomic E-state index is 6.05. The van der Waals surface area contributed by atoms with Gasteiger partial charge in [0.05, 0.1) is 11.6 Å². The molecule has 1 aromatic carbocycles. The van der Waals surface area contributed by atoms with Crippen molar-refractivity contribution in [2.24, 2.45) is 0 Å². The van der Waals surface area contributed by atoms with Crippen LogP contribution in [-0.2, 0) is 9.47 Å². The molecule has 2 aromatic rings. The molecule has 1 atom stereocenters. The molecule has 106 valence electrons. The van der Waals surface area contributed by atoms with E-state index in [0.717, 1.165) is 10.0 Å². The van der Waals surface area contributed by atoms with Crippen LogP contribution in [0.2, 0.25) is 5.02 Å². The number of halogens is 2. The molecule has 3 rings (SSSR count). The van der Waals surface area contributed by atoms with Gasteiger partial charge in [-0.3, -0.25) is 0 Å². The average Bonchev–Trinajstić information content (AvgIpc) is 2.99. The Hall–Kier alpha value is -0.950. The molecule has 1 saturated heterocycles. The summed E-state index contributed by atoms with van der Waals surface area (Å²) in [5.41, 5.74) is 0.759. The lowest BCUT2D eigenvalue weighted by Gasteiger charge is -2.15. The lowest BCUT2D eigenvalue weighted by Crippen LogP contribution is -2.19. The van der Waals surface area contributed by atoms with Crippen LogP contribution in [-0.4, -0.2) is 22.6 Å². The van der Waals surface area contributed by atoms with Crippen molar-refractivity contribution in [2.75, 3.05) is 6.61 Å². The van der Waals surface area contributed by atoms with Gasteiger partial charge >= 0.3 is 0 Å². The molecule has 5 nitrogen and oxygen atoms in total. The molecule has 20 heavy (non-hydrogen) atoms.